The predicted octanol–water partition coefficient (Wildman–Crippen LogP) is 5.53. The molecule has 116 valence electrons. The van der Waals surface area contributed by atoms with Crippen molar-refractivity contribution in [3.05, 3.63) is 65.0 Å². The Morgan fingerprint density at radius 2 is 1.87 bits per heavy atom. The highest BCUT2D eigenvalue weighted by atomic mass is 32.2. The van der Waals surface area contributed by atoms with Crippen molar-refractivity contribution in [3.8, 4) is 5.75 Å². The van der Waals surface area contributed by atoms with Crippen molar-refractivity contribution >= 4 is 45.0 Å². The molecule has 3 aromatic rings. The number of hydrogen-bond acceptors (Lipinski definition) is 4. The molecule has 2 nitrogen and oxygen atoms in total. The minimum absolute atomic E-state index is 0.0476. The second-order valence-electron chi connectivity index (χ2n) is 4.93. The maximum atomic E-state index is 12.6. The molecule has 0 bridgehead atoms. The second kappa shape index (κ2) is 7.02. The van der Waals surface area contributed by atoms with E-state index in [1.807, 2.05) is 48.7 Å². The van der Waals surface area contributed by atoms with Gasteiger partial charge >= 0.3 is 0 Å². The van der Waals surface area contributed by atoms with Crippen LogP contribution in [0.4, 0.5) is 0 Å². The summed E-state index contributed by atoms with van der Waals surface area (Å²) in [5.74, 6) is 0.856. The van der Waals surface area contributed by atoms with E-state index in [1.165, 1.54) is 0 Å². The number of thioether (sulfide) groups is 1. The molecule has 4 heteroatoms. The first-order valence-electron chi connectivity index (χ1n) is 7.15. The van der Waals surface area contributed by atoms with E-state index >= 15 is 0 Å². The molecule has 3 rings (SSSR count). The summed E-state index contributed by atoms with van der Waals surface area (Å²) in [4.78, 5) is 14.4. The van der Waals surface area contributed by atoms with E-state index in [-0.39, 0.29) is 5.78 Å². The van der Waals surface area contributed by atoms with Gasteiger partial charge in [0.1, 0.15) is 5.75 Å². The summed E-state index contributed by atoms with van der Waals surface area (Å²) in [6, 6.07) is 15.8. The summed E-state index contributed by atoms with van der Waals surface area (Å²) >= 11 is 3.18. The summed E-state index contributed by atoms with van der Waals surface area (Å²) in [5.41, 5.74) is 0.978. The van der Waals surface area contributed by atoms with Crippen LogP contribution in [0.15, 0.2) is 59.5 Å². The van der Waals surface area contributed by atoms with E-state index in [9.17, 15) is 4.79 Å². The summed E-state index contributed by atoms with van der Waals surface area (Å²) in [5, 5.41) is 1.16. The van der Waals surface area contributed by atoms with E-state index in [4.69, 9.17) is 4.74 Å². The molecule has 0 fully saturated rings. The third-order valence-electron chi connectivity index (χ3n) is 3.52. The molecule has 1 aromatic heterocycles. The minimum Gasteiger partial charge on any atom is -0.497 e. The van der Waals surface area contributed by atoms with Gasteiger partial charge in [0.15, 0.2) is 5.78 Å². The molecule has 0 saturated heterocycles. The Hall–Kier alpha value is -2.04. The van der Waals surface area contributed by atoms with Crippen LogP contribution >= 0.6 is 23.1 Å². The number of ether oxygens (including phenoxy) is 1. The first-order valence-corrected chi connectivity index (χ1v) is 9.19. The topological polar surface area (TPSA) is 26.3 Å². The Bertz CT molecular complexity index is 861. The fraction of sp³-hybridized carbons (Fsp3) is 0.105. The molecule has 0 atom stereocenters. The van der Waals surface area contributed by atoms with Crippen molar-refractivity contribution in [2.24, 2.45) is 0 Å². The second-order valence-corrected chi connectivity index (χ2v) is 6.80. The SMILES string of the molecule is COc1ccc(/C=C/C(=O)c2sc3ccccc3c2SC)cc1. The zero-order valence-electron chi connectivity index (χ0n) is 12.9. The van der Waals surface area contributed by atoms with Gasteiger partial charge in [0, 0.05) is 15.0 Å². The van der Waals surface area contributed by atoms with Gasteiger partial charge in [-0.15, -0.1) is 23.1 Å². The maximum absolute atomic E-state index is 12.6. The fourth-order valence-corrected chi connectivity index (χ4v) is 4.49. The van der Waals surface area contributed by atoms with Crippen LogP contribution in [0, 0.1) is 0 Å². The molecular weight excluding hydrogens is 324 g/mol. The predicted molar refractivity (Wildman–Crippen MR) is 100.0 cm³/mol. The number of benzene rings is 2. The summed E-state index contributed by atoms with van der Waals surface area (Å²) in [7, 11) is 1.64. The monoisotopic (exact) mass is 340 g/mol. The van der Waals surface area contributed by atoms with E-state index in [1.54, 1.807) is 36.3 Å². The van der Waals surface area contributed by atoms with Gasteiger partial charge in [-0.25, -0.2) is 0 Å². The van der Waals surface area contributed by atoms with Crippen molar-refractivity contribution in [1.82, 2.24) is 0 Å². The van der Waals surface area contributed by atoms with Crippen molar-refractivity contribution in [2.45, 2.75) is 4.90 Å². The number of thiophene rings is 1. The molecular formula is C19H16O2S2. The van der Waals surface area contributed by atoms with Gasteiger partial charge in [0.2, 0.25) is 0 Å². The Kier molecular flexibility index (Phi) is 4.84. The van der Waals surface area contributed by atoms with Crippen LogP contribution in [0.25, 0.3) is 16.2 Å². The zero-order valence-corrected chi connectivity index (χ0v) is 14.5. The maximum Gasteiger partial charge on any atom is 0.196 e. The first kappa shape index (κ1) is 15.8. The normalized spacial score (nSPS) is 11.2. The molecule has 0 unspecified atom stereocenters. The van der Waals surface area contributed by atoms with Crippen LogP contribution in [-0.2, 0) is 0 Å². The van der Waals surface area contributed by atoms with Gasteiger partial charge in [-0.1, -0.05) is 36.4 Å². The molecule has 0 aliphatic carbocycles. The van der Waals surface area contributed by atoms with Crippen molar-refractivity contribution in [2.75, 3.05) is 13.4 Å². The highest BCUT2D eigenvalue weighted by molar-refractivity contribution is 7.99. The lowest BCUT2D eigenvalue weighted by Crippen LogP contribution is -1.92. The number of rotatable bonds is 5. The van der Waals surface area contributed by atoms with Gasteiger partial charge in [0.05, 0.1) is 12.0 Å². The van der Waals surface area contributed by atoms with Crippen LogP contribution in [0.2, 0.25) is 0 Å². The number of allylic oxidation sites excluding steroid dienone is 1. The molecule has 0 spiro atoms. The Morgan fingerprint density at radius 3 is 2.57 bits per heavy atom. The third-order valence-corrected chi connectivity index (χ3v) is 5.67. The highest BCUT2D eigenvalue weighted by Gasteiger charge is 2.15. The van der Waals surface area contributed by atoms with Crippen molar-refractivity contribution in [1.29, 1.82) is 0 Å². The van der Waals surface area contributed by atoms with Gasteiger partial charge in [0.25, 0.3) is 0 Å². The molecule has 0 N–H and O–H groups in total. The van der Waals surface area contributed by atoms with Gasteiger partial charge in [-0.05, 0) is 36.1 Å². The van der Waals surface area contributed by atoms with Crippen molar-refractivity contribution < 1.29 is 9.53 Å². The number of fused-ring (bicyclic) bond motifs is 1. The van der Waals surface area contributed by atoms with Gasteiger partial charge in [-0.3, -0.25) is 4.79 Å². The largest absolute Gasteiger partial charge is 0.497 e. The minimum atomic E-state index is 0.0476. The van der Waals surface area contributed by atoms with E-state index in [0.717, 1.165) is 31.2 Å². The molecule has 0 aliphatic rings. The van der Waals surface area contributed by atoms with Gasteiger partial charge in [-0.2, -0.15) is 0 Å². The van der Waals surface area contributed by atoms with E-state index in [2.05, 4.69) is 12.1 Å². The molecule has 0 radical (unpaired) electrons. The molecule has 1 heterocycles. The van der Waals surface area contributed by atoms with Crippen molar-refractivity contribution in [3.63, 3.8) is 0 Å². The highest BCUT2D eigenvalue weighted by Crippen LogP contribution is 2.37. The average molecular weight is 340 g/mol. The first-order chi connectivity index (χ1) is 11.2. The summed E-state index contributed by atoms with van der Waals surface area (Å²) in [6.45, 7) is 0. The smallest absolute Gasteiger partial charge is 0.196 e. The lowest BCUT2D eigenvalue weighted by atomic mass is 10.1. The standard InChI is InChI=1S/C19H16O2S2/c1-21-14-10-7-13(8-11-14)9-12-16(20)19-18(22-2)15-5-3-4-6-17(15)23-19/h3-12H,1-2H3/b12-9+. The van der Waals surface area contributed by atoms with Crippen LogP contribution in [0.1, 0.15) is 15.2 Å². The van der Waals surface area contributed by atoms with Crippen LogP contribution < -0.4 is 4.74 Å². The number of carbonyl (C=O) groups is 1. The lowest BCUT2D eigenvalue weighted by molar-refractivity contribution is 0.104. The Labute approximate surface area is 143 Å². The quantitative estimate of drug-likeness (QED) is 0.347. The number of methoxy groups -OCH3 is 1. The lowest BCUT2D eigenvalue weighted by Gasteiger charge is -1.99. The Morgan fingerprint density at radius 1 is 1.13 bits per heavy atom. The molecule has 0 saturated carbocycles. The summed E-state index contributed by atoms with van der Waals surface area (Å²) < 4.78 is 6.29. The fourth-order valence-electron chi connectivity index (χ4n) is 2.35. The summed E-state index contributed by atoms with van der Waals surface area (Å²) in [6.07, 6.45) is 5.50. The molecule has 2 aromatic carbocycles. The average Bonchev–Trinajstić information content (AvgIpc) is 2.98. The number of hydrogen-bond donors (Lipinski definition) is 0. The van der Waals surface area contributed by atoms with E-state index < -0.39 is 0 Å². The van der Waals surface area contributed by atoms with Crippen LogP contribution in [-0.4, -0.2) is 19.1 Å². The number of carbonyl (C=O) groups excluding carboxylic acids is 1. The van der Waals surface area contributed by atoms with E-state index in [0.29, 0.717) is 0 Å². The third kappa shape index (κ3) is 3.33. The van der Waals surface area contributed by atoms with Gasteiger partial charge < -0.3 is 4.74 Å². The van der Waals surface area contributed by atoms with Crippen LogP contribution in [0.5, 0.6) is 5.75 Å². The van der Waals surface area contributed by atoms with Crippen LogP contribution in [0.3, 0.4) is 0 Å². The molecule has 0 amide bonds. The molecule has 23 heavy (non-hydrogen) atoms. The number of ketones is 1. The molecule has 0 aliphatic heterocycles. The Balaban J connectivity index is 1.89. The zero-order chi connectivity index (χ0) is 16.2.